The molecular weight excluding hydrogens is 288 g/mol. The van der Waals surface area contributed by atoms with Gasteiger partial charge in [-0.1, -0.05) is 23.7 Å². The van der Waals surface area contributed by atoms with Crippen LogP contribution in [0.4, 0.5) is 0 Å². The number of amides is 1. The zero-order chi connectivity index (χ0) is 14.9. The maximum atomic E-state index is 12.1. The van der Waals surface area contributed by atoms with Crippen molar-refractivity contribution in [3.63, 3.8) is 0 Å². The van der Waals surface area contributed by atoms with E-state index >= 15 is 0 Å². The van der Waals surface area contributed by atoms with Gasteiger partial charge in [0.2, 0.25) is 0 Å². The number of aromatic nitrogens is 1. The minimum atomic E-state index is -0.228. The summed E-state index contributed by atoms with van der Waals surface area (Å²) in [5, 5.41) is 14.8. The van der Waals surface area contributed by atoms with Crippen molar-refractivity contribution >= 4 is 17.5 Å². The Bertz CT molecular complexity index is 683. The molecule has 0 bridgehead atoms. The van der Waals surface area contributed by atoms with Crippen molar-refractivity contribution in [2.75, 3.05) is 6.54 Å². The highest BCUT2D eigenvalue weighted by Gasteiger charge is 2.44. The van der Waals surface area contributed by atoms with E-state index in [2.05, 4.69) is 5.32 Å². The van der Waals surface area contributed by atoms with Gasteiger partial charge in [-0.3, -0.25) is 4.79 Å². The fourth-order valence-electron chi connectivity index (χ4n) is 2.48. The van der Waals surface area contributed by atoms with Gasteiger partial charge in [0, 0.05) is 23.0 Å². The van der Waals surface area contributed by atoms with E-state index in [0.29, 0.717) is 21.9 Å². The van der Waals surface area contributed by atoms with Crippen LogP contribution in [0.1, 0.15) is 28.8 Å². The van der Waals surface area contributed by atoms with Gasteiger partial charge in [-0.25, -0.2) is 0 Å². The van der Waals surface area contributed by atoms with Crippen molar-refractivity contribution in [1.82, 2.24) is 5.32 Å². The molecule has 2 aromatic rings. The SMILES string of the molecule is O=C(NCC1(c2cccc(Cl)c2)CC1)c1ccc[n+]([O-])c1. The van der Waals surface area contributed by atoms with Gasteiger partial charge in [0.15, 0.2) is 12.4 Å². The number of nitrogens with zero attached hydrogens (tertiary/aromatic N) is 1. The van der Waals surface area contributed by atoms with Crippen molar-refractivity contribution in [1.29, 1.82) is 0 Å². The van der Waals surface area contributed by atoms with Crippen LogP contribution in [-0.4, -0.2) is 12.5 Å². The van der Waals surface area contributed by atoms with Gasteiger partial charge in [0.25, 0.3) is 5.91 Å². The third-order valence-corrected chi connectivity index (χ3v) is 4.15. The Hall–Kier alpha value is -2.07. The molecule has 1 heterocycles. The third kappa shape index (κ3) is 3.00. The fourth-order valence-corrected chi connectivity index (χ4v) is 2.67. The summed E-state index contributed by atoms with van der Waals surface area (Å²) in [4.78, 5) is 12.1. The van der Waals surface area contributed by atoms with Gasteiger partial charge in [0.1, 0.15) is 5.56 Å². The Kier molecular flexibility index (Phi) is 3.55. The van der Waals surface area contributed by atoms with Gasteiger partial charge in [0.05, 0.1) is 0 Å². The first-order chi connectivity index (χ1) is 10.1. The Morgan fingerprint density at radius 3 is 2.81 bits per heavy atom. The van der Waals surface area contributed by atoms with E-state index in [1.165, 1.54) is 12.4 Å². The van der Waals surface area contributed by atoms with Gasteiger partial charge in [-0.2, -0.15) is 4.73 Å². The summed E-state index contributed by atoms with van der Waals surface area (Å²) in [6.45, 7) is 0.555. The first kappa shape index (κ1) is 13.9. The minimum absolute atomic E-state index is 0.0111. The van der Waals surface area contributed by atoms with E-state index < -0.39 is 0 Å². The van der Waals surface area contributed by atoms with Crippen LogP contribution in [0.2, 0.25) is 5.02 Å². The van der Waals surface area contributed by atoms with Gasteiger partial charge in [-0.05, 0) is 36.6 Å². The molecule has 108 valence electrons. The molecule has 0 radical (unpaired) electrons. The van der Waals surface area contributed by atoms with Gasteiger partial charge < -0.3 is 10.5 Å². The highest BCUT2D eigenvalue weighted by atomic mass is 35.5. The second kappa shape index (κ2) is 5.37. The van der Waals surface area contributed by atoms with Gasteiger partial charge >= 0.3 is 0 Å². The fraction of sp³-hybridized carbons (Fsp3) is 0.250. The highest BCUT2D eigenvalue weighted by Crippen LogP contribution is 2.48. The van der Waals surface area contributed by atoms with Crippen molar-refractivity contribution in [3.8, 4) is 0 Å². The number of benzene rings is 1. The first-order valence-electron chi connectivity index (χ1n) is 6.82. The van der Waals surface area contributed by atoms with Crippen molar-refractivity contribution in [3.05, 3.63) is 70.1 Å². The molecule has 1 aromatic heterocycles. The summed E-state index contributed by atoms with van der Waals surface area (Å²) < 4.78 is 0.624. The summed E-state index contributed by atoms with van der Waals surface area (Å²) >= 11 is 6.03. The first-order valence-corrected chi connectivity index (χ1v) is 7.20. The second-order valence-corrected chi connectivity index (χ2v) is 5.86. The van der Waals surface area contributed by atoms with Crippen molar-refractivity contribution in [2.24, 2.45) is 0 Å². The lowest BCUT2D eigenvalue weighted by molar-refractivity contribution is -0.605. The number of carbonyl (C=O) groups excluding carboxylic acids is 1. The Balaban J connectivity index is 1.69. The molecule has 1 amide bonds. The van der Waals surface area contributed by atoms with E-state index in [1.807, 2.05) is 24.3 Å². The predicted molar refractivity (Wildman–Crippen MR) is 80.1 cm³/mol. The molecule has 1 saturated carbocycles. The average molecular weight is 303 g/mol. The number of halogens is 1. The number of carbonyl (C=O) groups is 1. The summed E-state index contributed by atoms with van der Waals surface area (Å²) in [5.74, 6) is -0.228. The van der Waals surface area contributed by atoms with E-state index in [-0.39, 0.29) is 11.3 Å². The lowest BCUT2D eigenvalue weighted by atomic mass is 9.96. The van der Waals surface area contributed by atoms with Crippen LogP contribution in [0.25, 0.3) is 0 Å². The van der Waals surface area contributed by atoms with Crippen LogP contribution >= 0.6 is 11.6 Å². The Labute approximate surface area is 127 Å². The quantitative estimate of drug-likeness (QED) is 0.696. The molecule has 0 spiro atoms. The molecule has 0 aliphatic heterocycles. The van der Waals surface area contributed by atoms with Crippen LogP contribution in [0.5, 0.6) is 0 Å². The maximum absolute atomic E-state index is 12.1. The van der Waals surface area contributed by atoms with Crippen LogP contribution in [0.3, 0.4) is 0 Å². The molecule has 1 aliphatic rings. The number of nitrogens with one attached hydrogen (secondary N) is 1. The topological polar surface area (TPSA) is 56.0 Å². The number of hydrogen-bond donors (Lipinski definition) is 1. The third-order valence-electron chi connectivity index (χ3n) is 3.92. The van der Waals surface area contributed by atoms with Crippen molar-refractivity contribution < 1.29 is 9.52 Å². The normalized spacial score (nSPS) is 15.5. The predicted octanol–water partition coefficient (Wildman–Crippen LogP) is 2.44. The van der Waals surface area contributed by atoms with Crippen LogP contribution in [0.15, 0.2) is 48.8 Å². The molecular formula is C16H15ClN2O2. The second-order valence-electron chi connectivity index (χ2n) is 5.43. The number of rotatable bonds is 4. The molecule has 1 aliphatic carbocycles. The summed E-state index contributed by atoms with van der Waals surface area (Å²) in [7, 11) is 0. The van der Waals surface area contributed by atoms with E-state index in [0.717, 1.165) is 18.4 Å². The number of pyridine rings is 1. The van der Waals surface area contributed by atoms with Crippen LogP contribution in [-0.2, 0) is 5.41 Å². The lowest BCUT2D eigenvalue weighted by Gasteiger charge is -2.16. The largest absolute Gasteiger partial charge is 0.619 e. The van der Waals surface area contributed by atoms with E-state index in [4.69, 9.17) is 11.6 Å². The van der Waals surface area contributed by atoms with Crippen molar-refractivity contribution in [2.45, 2.75) is 18.3 Å². The summed E-state index contributed by atoms with van der Waals surface area (Å²) in [6, 6.07) is 11.0. The van der Waals surface area contributed by atoms with Crippen LogP contribution < -0.4 is 10.0 Å². The molecule has 1 aromatic carbocycles. The Morgan fingerprint density at radius 1 is 1.33 bits per heavy atom. The van der Waals surface area contributed by atoms with E-state index in [9.17, 15) is 10.0 Å². The summed E-state index contributed by atoms with van der Waals surface area (Å²) in [5.41, 5.74) is 1.51. The lowest BCUT2D eigenvalue weighted by Crippen LogP contribution is -2.34. The smallest absolute Gasteiger partial charge is 0.257 e. The zero-order valence-electron chi connectivity index (χ0n) is 11.4. The standard InChI is InChI=1S/C16H15ClN2O2/c17-14-5-1-4-13(9-14)16(6-7-16)11-18-15(20)12-3-2-8-19(21)10-12/h1-5,8-10H,6-7,11H2,(H,18,20). The molecule has 1 fully saturated rings. The number of hydrogen-bond acceptors (Lipinski definition) is 2. The highest BCUT2D eigenvalue weighted by molar-refractivity contribution is 6.30. The summed E-state index contributed by atoms with van der Waals surface area (Å²) in [6.07, 6.45) is 4.69. The molecule has 4 nitrogen and oxygen atoms in total. The van der Waals surface area contributed by atoms with Gasteiger partial charge in [-0.15, -0.1) is 0 Å². The molecule has 1 N–H and O–H groups in total. The van der Waals surface area contributed by atoms with E-state index in [1.54, 1.807) is 12.1 Å². The monoisotopic (exact) mass is 302 g/mol. The zero-order valence-corrected chi connectivity index (χ0v) is 12.1. The average Bonchev–Trinajstić information content (AvgIpc) is 3.26. The molecule has 0 saturated heterocycles. The van der Waals surface area contributed by atoms with Crippen LogP contribution in [0, 0.1) is 5.21 Å². The minimum Gasteiger partial charge on any atom is -0.619 e. The molecule has 3 rings (SSSR count). The maximum Gasteiger partial charge on any atom is 0.257 e. The molecule has 21 heavy (non-hydrogen) atoms. The molecule has 0 atom stereocenters. The molecule has 5 heteroatoms. The molecule has 0 unspecified atom stereocenters. The Morgan fingerprint density at radius 2 is 2.14 bits per heavy atom.